The van der Waals surface area contributed by atoms with E-state index in [2.05, 4.69) is 4.74 Å². The zero-order chi connectivity index (χ0) is 12.5. The van der Waals surface area contributed by atoms with Crippen molar-refractivity contribution in [3.63, 3.8) is 0 Å². The van der Waals surface area contributed by atoms with E-state index in [1.807, 2.05) is 5.32 Å². The van der Waals surface area contributed by atoms with Gasteiger partial charge in [-0.2, -0.15) is 13.2 Å². The summed E-state index contributed by atoms with van der Waals surface area (Å²) >= 11 is 0. The van der Waals surface area contributed by atoms with E-state index in [-0.39, 0.29) is 5.56 Å². The Balaban J connectivity index is 2.13. The highest BCUT2D eigenvalue weighted by atomic mass is 19.4. The molecule has 0 bridgehead atoms. The monoisotopic (exact) mass is 245 g/mol. The summed E-state index contributed by atoms with van der Waals surface area (Å²) in [4.78, 5) is 11.6. The van der Waals surface area contributed by atoms with Gasteiger partial charge < -0.3 is 10.1 Å². The van der Waals surface area contributed by atoms with Gasteiger partial charge >= 0.3 is 6.18 Å². The third kappa shape index (κ3) is 2.12. The summed E-state index contributed by atoms with van der Waals surface area (Å²) in [6.07, 6.45) is -4.50. The number of rotatable bonds is 2. The van der Waals surface area contributed by atoms with Crippen molar-refractivity contribution in [1.82, 2.24) is 5.32 Å². The summed E-state index contributed by atoms with van der Waals surface area (Å²) in [7, 11) is 0. The lowest BCUT2D eigenvalue weighted by Crippen LogP contribution is -2.70. The van der Waals surface area contributed by atoms with Crippen LogP contribution in [0.3, 0.4) is 0 Å². The standard InChI is InChI=1S/C11H10F3NO2/c12-11(13,14)10(6-17-7-10)15-9(16)8-4-2-1-3-5-8/h1-5H,6-7H2,(H,15,16). The molecule has 2 rings (SSSR count). The van der Waals surface area contributed by atoms with E-state index in [1.165, 1.54) is 12.1 Å². The van der Waals surface area contributed by atoms with Crippen LogP contribution in [0.2, 0.25) is 0 Å². The molecule has 3 nitrogen and oxygen atoms in total. The second-order valence-electron chi connectivity index (χ2n) is 3.89. The predicted octanol–water partition coefficient (Wildman–Crippen LogP) is 1.75. The maximum atomic E-state index is 12.7. The first-order chi connectivity index (χ1) is 7.95. The van der Waals surface area contributed by atoms with Gasteiger partial charge in [-0.25, -0.2) is 0 Å². The van der Waals surface area contributed by atoms with Gasteiger partial charge in [0.2, 0.25) is 0 Å². The van der Waals surface area contributed by atoms with Gasteiger partial charge in [0, 0.05) is 5.56 Å². The molecule has 17 heavy (non-hydrogen) atoms. The number of nitrogens with one attached hydrogen (secondary N) is 1. The normalized spacial score (nSPS) is 18.3. The van der Waals surface area contributed by atoms with E-state index < -0.39 is 30.8 Å². The molecule has 0 atom stereocenters. The second kappa shape index (κ2) is 4.03. The molecule has 0 aromatic heterocycles. The highest BCUT2D eigenvalue weighted by Crippen LogP contribution is 2.36. The number of ether oxygens (including phenoxy) is 1. The molecule has 0 unspecified atom stereocenters. The molecule has 1 amide bonds. The Kier molecular flexibility index (Phi) is 2.82. The Hall–Kier alpha value is -1.56. The fraction of sp³-hybridized carbons (Fsp3) is 0.364. The van der Waals surface area contributed by atoms with Crippen molar-refractivity contribution < 1.29 is 22.7 Å². The first kappa shape index (κ1) is 11.9. The van der Waals surface area contributed by atoms with Crippen LogP contribution in [0, 0.1) is 0 Å². The van der Waals surface area contributed by atoms with Crippen molar-refractivity contribution >= 4 is 5.91 Å². The first-order valence-electron chi connectivity index (χ1n) is 4.97. The molecule has 92 valence electrons. The Morgan fingerprint density at radius 2 is 1.82 bits per heavy atom. The largest absolute Gasteiger partial charge is 0.416 e. The van der Waals surface area contributed by atoms with Crippen molar-refractivity contribution in [3.8, 4) is 0 Å². The maximum absolute atomic E-state index is 12.7. The average molecular weight is 245 g/mol. The summed E-state index contributed by atoms with van der Waals surface area (Å²) < 4.78 is 42.8. The van der Waals surface area contributed by atoms with Crippen LogP contribution in [-0.2, 0) is 4.74 Å². The number of alkyl halides is 3. The van der Waals surface area contributed by atoms with E-state index in [4.69, 9.17) is 0 Å². The SMILES string of the molecule is O=C(NC1(C(F)(F)F)COC1)c1ccccc1. The molecule has 1 aliphatic rings. The van der Waals surface area contributed by atoms with Gasteiger partial charge in [-0.3, -0.25) is 4.79 Å². The lowest BCUT2D eigenvalue weighted by atomic mass is 9.96. The number of hydrogen-bond donors (Lipinski definition) is 1. The summed E-state index contributed by atoms with van der Waals surface area (Å²) in [5, 5.41) is 2.00. The molecule has 1 aromatic rings. The molecule has 1 aromatic carbocycles. The van der Waals surface area contributed by atoms with Crippen molar-refractivity contribution in [2.45, 2.75) is 11.7 Å². The fourth-order valence-electron chi connectivity index (χ4n) is 1.49. The molecule has 0 spiro atoms. The van der Waals surface area contributed by atoms with Crippen LogP contribution in [0.5, 0.6) is 0 Å². The fourth-order valence-corrected chi connectivity index (χ4v) is 1.49. The topological polar surface area (TPSA) is 38.3 Å². The number of halogens is 3. The number of hydrogen-bond acceptors (Lipinski definition) is 2. The van der Waals surface area contributed by atoms with Crippen molar-refractivity contribution in [1.29, 1.82) is 0 Å². The average Bonchev–Trinajstić information content (AvgIpc) is 2.22. The highest BCUT2D eigenvalue weighted by Gasteiger charge is 2.61. The molecule has 1 fully saturated rings. The van der Waals surface area contributed by atoms with Gasteiger partial charge in [-0.1, -0.05) is 18.2 Å². The third-order valence-electron chi connectivity index (χ3n) is 2.63. The highest BCUT2D eigenvalue weighted by molar-refractivity contribution is 5.94. The van der Waals surface area contributed by atoms with Gasteiger partial charge in [0.25, 0.3) is 5.91 Å². The van der Waals surface area contributed by atoms with E-state index in [0.29, 0.717) is 0 Å². The molecule has 1 N–H and O–H groups in total. The lowest BCUT2D eigenvalue weighted by molar-refractivity contribution is -0.263. The molecule has 6 heteroatoms. The Labute approximate surface area is 95.6 Å². The minimum atomic E-state index is -4.50. The van der Waals surface area contributed by atoms with E-state index in [9.17, 15) is 18.0 Å². The van der Waals surface area contributed by atoms with E-state index >= 15 is 0 Å². The van der Waals surface area contributed by atoms with Crippen molar-refractivity contribution in [2.75, 3.05) is 13.2 Å². The minimum Gasteiger partial charge on any atom is -0.376 e. The van der Waals surface area contributed by atoms with Crippen LogP contribution in [0.15, 0.2) is 30.3 Å². The number of amides is 1. The Morgan fingerprint density at radius 1 is 1.24 bits per heavy atom. The van der Waals surface area contributed by atoms with Crippen molar-refractivity contribution in [2.24, 2.45) is 0 Å². The van der Waals surface area contributed by atoms with Gasteiger partial charge in [-0.15, -0.1) is 0 Å². The van der Waals surface area contributed by atoms with E-state index in [0.717, 1.165) is 0 Å². The summed E-state index contributed by atoms with van der Waals surface area (Å²) in [6, 6.07) is 7.78. The maximum Gasteiger partial charge on any atom is 0.416 e. The van der Waals surface area contributed by atoms with Gasteiger partial charge in [0.05, 0.1) is 13.2 Å². The zero-order valence-electron chi connectivity index (χ0n) is 8.75. The second-order valence-corrected chi connectivity index (χ2v) is 3.89. The summed E-state index contributed by atoms with van der Waals surface area (Å²) in [5.41, 5.74) is -2.04. The van der Waals surface area contributed by atoms with Gasteiger partial charge in [-0.05, 0) is 12.1 Å². The van der Waals surface area contributed by atoms with Crippen molar-refractivity contribution in [3.05, 3.63) is 35.9 Å². The number of carbonyl (C=O) groups is 1. The lowest BCUT2D eigenvalue weighted by Gasteiger charge is -2.42. The molecule has 0 aliphatic carbocycles. The number of carbonyl (C=O) groups excluding carboxylic acids is 1. The molecule has 1 saturated heterocycles. The quantitative estimate of drug-likeness (QED) is 0.862. The van der Waals surface area contributed by atoms with Crippen LogP contribution in [0.1, 0.15) is 10.4 Å². The van der Waals surface area contributed by atoms with Crippen LogP contribution < -0.4 is 5.32 Å². The van der Waals surface area contributed by atoms with E-state index in [1.54, 1.807) is 18.2 Å². The Morgan fingerprint density at radius 3 is 2.24 bits per heavy atom. The minimum absolute atomic E-state index is 0.197. The molecule has 0 radical (unpaired) electrons. The Bertz CT molecular complexity index is 412. The van der Waals surface area contributed by atoms with Crippen LogP contribution in [0.4, 0.5) is 13.2 Å². The molecule has 0 saturated carbocycles. The zero-order valence-corrected chi connectivity index (χ0v) is 8.75. The summed E-state index contributed by atoms with van der Waals surface area (Å²) in [5.74, 6) is -0.744. The first-order valence-corrected chi connectivity index (χ1v) is 4.97. The van der Waals surface area contributed by atoms with Crippen LogP contribution in [-0.4, -0.2) is 30.8 Å². The van der Waals surface area contributed by atoms with Crippen LogP contribution in [0.25, 0.3) is 0 Å². The molecule has 1 heterocycles. The van der Waals surface area contributed by atoms with Crippen LogP contribution >= 0.6 is 0 Å². The van der Waals surface area contributed by atoms with Gasteiger partial charge in [0.1, 0.15) is 0 Å². The summed E-state index contributed by atoms with van der Waals surface area (Å²) in [6.45, 7) is -1.07. The molecular formula is C11H10F3NO2. The number of benzene rings is 1. The third-order valence-corrected chi connectivity index (χ3v) is 2.63. The smallest absolute Gasteiger partial charge is 0.376 e. The molecule has 1 aliphatic heterocycles. The van der Waals surface area contributed by atoms with Gasteiger partial charge in [0.15, 0.2) is 5.54 Å². The molecular weight excluding hydrogens is 235 g/mol. The predicted molar refractivity (Wildman–Crippen MR) is 53.5 cm³/mol.